The number of nitrogens with one attached hydrogen (secondary N) is 1. The topological polar surface area (TPSA) is 67.6 Å². The van der Waals surface area contributed by atoms with Gasteiger partial charge in [-0.25, -0.2) is 4.98 Å². The third kappa shape index (κ3) is 4.32. The molecule has 1 saturated heterocycles. The number of carbonyl (C=O) groups excluding carboxylic acids is 1. The first kappa shape index (κ1) is 19.2. The molecule has 6 heteroatoms. The second kappa shape index (κ2) is 8.49. The molecule has 1 aromatic heterocycles. The third-order valence-electron chi connectivity index (χ3n) is 5.13. The van der Waals surface area contributed by atoms with Gasteiger partial charge >= 0.3 is 0 Å². The molecule has 4 rings (SSSR count). The highest BCUT2D eigenvalue weighted by Crippen LogP contribution is 2.28. The number of aromatic nitrogens is 1. The number of rotatable bonds is 5. The van der Waals surface area contributed by atoms with E-state index in [1.807, 2.05) is 62.4 Å². The predicted octanol–water partition coefficient (Wildman–Crippen LogP) is 3.98. The lowest BCUT2D eigenvalue weighted by Crippen LogP contribution is -2.36. The standard InChI is InChI=1S/C23H25N3O3/c1-16-7-3-4-8-18(16)23-25-20(17(2)29-23)15-22(27)24-19-9-5-6-10-21(19)26-11-13-28-14-12-26/h3-10H,11-15H2,1-2H3,(H,24,27). The van der Waals surface area contributed by atoms with Crippen molar-refractivity contribution in [3.8, 4) is 11.5 Å². The molecular formula is C23H25N3O3. The zero-order valence-electron chi connectivity index (χ0n) is 16.8. The van der Waals surface area contributed by atoms with Crippen molar-refractivity contribution in [3.05, 3.63) is 65.5 Å². The number of carbonyl (C=O) groups is 1. The van der Waals surface area contributed by atoms with Gasteiger partial charge in [0, 0.05) is 18.7 Å². The fraction of sp³-hybridized carbons (Fsp3) is 0.304. The number of oxazole rings is 1. The summed E-state index contributed by atoms with van der Waals surface area (Å²) in [5.74, 6) is 1.11. The van der Waals surface area contributed by atoms with Gasteiger partial charge in [0.05, 0.1) is 36.7 Å². The van der Waals surface area contributed by atoms with Crippen molar-refractivity contribution >= 4 is 17.3 Å². The Labute approximate surface area is 170 Å². The highest BCUT2D eigenvalue weighted by atomic mass is 16.5. The van der Waals surface area contributed by atoms with Crippen LogP contribution in [-0.2, 0) is 16.0 Å². The van der Waals surface area contributed by atoms with E-state index in [-0.39, 0.29) is 12.3 Å². The molecule has 0 spiro atoms. The van der Waals surface area contributed by atoms with Crippen molar-refractivity contribution < 1.29 is 13.9 Å². The number of amides is 1. The first-order valence-electron chi connectivity index (χ1n) is 9.85. The van der Waals surface area contributed by atoms with Gasteiger partial charge in [0.25, 0.3) is 0 Å². The largest absolute Gasteiger partial charge is 0.441 e. The van der Waals surface area contributed by atoms with Crippen molar-refractivity contribution in [3.63, 3.8) is 0 Å². The molecule has 0 radical (unpaired) electrons. The summed E-state index contributed by atoms with van der Waals surface area (Å²) in [5, 5.41) is 3.04. The first-order valence-corrected chi connectivity index (χ1v) is 9.85. The van der Waals surface area contributed by atoms with E-state index in [1.54, 1.807) is 0 Å². The number of benzene rings is 2. The molecule has 2 aromatic carbocycles. The van der Waals surface area contributed by atoms with Crippen LogP contribution in [0.25, 0.3) is 11.5 Å². The van der Waals surface area contributed by atoms with Gasteiger partial charge in [-0.15, -0.1) is 0 Å². The summed E-state index contributed by atoms with van der Waals surface area (Å²) in [6, 6.07) is 15.8. The van der Waals surface area contributed by atoms with Gasteiger partial charge in [-0.2, -0.15) is 0 Å². The normalized spacial score (nSPS) is 14.1. The van der Waals surface area contributed by atoms with Crippen molar-refractivity contribution in [2.24, 2.45) is 0 Å². The predicted molar refractivity (Wildman–Crippen MR) is 113 cm³/mol. The fourth-order valence-electron chi connectivity index (χ4n) is 3.53. The number of anilines is 2. The summed E-state index contributed by atoms with van der Waals surface area (Å²) in [6.45, 7) is 6.89. The van der Waals surface area contributed by atoms with Gasteiger partial charge in [-0.3, -0.25) is 4.79 Å². The number of hydrogen-bond donors (Lipinski definition) is 1. The van der Waals surface area contributed by atoms with Crippen LogP contribution in [-0.4, -0.2) is 37.2 Å². The summed E-state index contributed by atoms with van der Waals surface area (Å²) < 4.78 is 11.3. The van der Waals surface area contributed by atoms with Gasteiger partial charge in [0.1, 0.15) is 5.76 Å². The van der Waals surface area contributed by atoms with Crippen LogP contribution in [0.3, 0.4) is 0 Å². The minimum Gasteiger partial charge on any atom is -0.441 e. The van der Waals surface area contributed by atoms with Gasteiger partial charge in [0.15, 0.2) is 0 Å². The van der Waals surface area contributed by atoms with E-state index in [0.29, 0.717) is 30.6 Å². The van der Waals surface area contributed by atoms with Crippen LogP contribution in [0.15, 0.2) is 52.9 Å². The maximum Gasteiger partial charge on any atom is 0.230 e. The molecule has 1 aliphatic rings. The smallest absolute Gasteiger partial charge is 0.230 e. The number of hydrogen-bond acceptors (Lipinski definition) is 5. The Balaban J connectivity index is 1.49. The van der Waals surface area contributed by atoms with E-state index in [9.17, 15) is 4.79 Å². The Morgan fingerprint density at radius 2 is 1.79 bits per heavy atom. The van der Waals surface area contributed by atoms with Crippen LogP contribution in [0.2, 0.25) is 0 Å². The average Bonchev–Trinajstić information content (AvgIpc) is 3.09. The molecule has 1 amide bonds. The molecule has 1 aliphatic heterocycles. The molecule has 0 aliphatic carbocycles. The molecule has 3 aromatic rings. The number of morpholine rings is 1. The number of nitrogens with zero attached hydrogens (tertiary/aromatic N) is 2. The van der Waals surface area contributed by atoms with Gasteiger partial charge in [-0.05, 0) is 37.6 Å². The van der Waals surface area contributed by atoms with Crippen LogP contribution in [0.1, 0.15) is 17.0 Å². The van der Waals surface area contributed by atoms with E-state index in [4.69, 9.17) is 9.15 Å². The lowest BCUT2D eigenvalue weighted by molar-refractivity contribution is -0.115. The molecular weight excluding hydrogens is 366 g/mol. The van der Waals surface area contributed by atoms with Gasteiger partial charge in [0.2, 0.25) is 11.8 Å². The molecule has 1 N–H and O–H groups in total. The van der Waals surface area contributed by atoms with E-state index in [1.165, 1.54) is 0 Å². The average molecular weight is 391 g/mol. The van der Waals surface area contributed by atoms with Crippen molar-refractivity contribution in [2.45, 2.75) is 20.3 Å². The number of ether oxygens (including phenoxy) is 1. The van der Waals surface area contributed by atoms with Crippen molar-refractivity contribution in [2.75, 3.05) is 36.5 Å². The molecule has 0 atom stereocenters. The lowest BCUT2D eigenvalue weighted by Gasteiger charge is -2.30. The van der Waals surface area contributed by atoms with Gasteiger partial charge < -0.3 is 19.4 Å². The Kier molecular flexibility index (Phi) is 5.62. The van der Waals surface area contributed by atoms with Crippen molar-refractivity contribution in [1.29, 1.82) is 0 Å². The second-order valence-electron chi connectivity index (χ2n) is 7.18. The minimum absolute atomic E-state index is 0.113. The maximum absolute atomic E-state index is 12.7. The van der Waals surface area contributed by atoms with Gasteiger partial charge in [-0.1, -0.05) is 30.3 Å². The number of para-hydroxylation sites is 2. The zero-order chi connectivity index (χ0) is 20.2. The van der Waals surface area contributed by atoms with Crippen LogP contribution in [0.5, 0.6) is 0 Å². The molecule has 0 bridgehead atoms. The van der Waals surface area contributed by atoms with Crippen molar-refractivity contribution in [1.82, 2.24) is 4.98 Å². The van der Waals surface area contributed by atoms with Crippen LogP contribution in [0, 0.1) is 13.8 Å². The van der Waals surface area contributed by atoms with Crippen LogP contribution >= 0.6 is 0 Å². The molecule has 150 valence electrons. The first-order chi connectivity index (χ1) is 14.1. The molecule has 1 fully saturated rings. The van der Waals surface area contributed by atoms with E-state index < -0.39 is 0 Å². The monoisotopic (exact) mass is 391 g/mol. The molecule has 29 heavy (non-hydrogen) atoms. The molecule has 6 nitrogen and oxygen atoms in total. The van der Waals surface area contributed by atoms with Crippen LogP contribution in [0.4, 0.5) is 11.4 Å². The summed E-state index contributed by atoms with van der Waals surface area (Å²) >= 11 is 0. The highest BCUT2D eigenvalue weighted by Gasteiger charge is 2.18. The Bertz CT molecular complexity index is 1010. The summed E-state index contributed by atoms with van der Waals surface area (Å²) in [5.41, 5.74) is 4.51. The Morgan fingerprint density at radius 1 is 1.07 bits per heavy atom. The SMILES string of the molecule is Cc1ccccc1-c1nc(CC(=O)Nc2ccccc2N2CCOCC2)c(C)o1. The van der Waals surface area contributed by atoms with Crippen LogP contribution < -0.4 is 10.2 Å². The van der Waals surface area contributed by atoms with E-state index in [2.05, 4.69) is 15.2 Å². The maximum atomic E-state index is 12.7. The third-order valence-corrected chi connectivity index (χ3v) is 5.13. The molecule has 2 heterocycles. The second-order valence-corrected chi connectivity index (χ2v) is 7.18. The molecule has 0 unspecified atom stereocenters. The van der Waals surface area contributed by atoms with E-state index >= 15 is 0 Å². The summed E-state index contributed by atoms with van der Waals surface area (Å²) in [6.07, 6.45) is 0.165. The Hall–Kier alpha value is -3.12. The minimum atomic E-state index is -0.113. The Morgan fingerprint density at radius 3 is 2.59 bits per heavy atom. The quantitative estimate of drug-likeness (QED) is 0.713. The zero-order valence-corrected chi connectivity index (χ0v) is 16.8. The van der Waals surface area contributed by atoms with E-state index in [0.717, 1.165) is 35.6 Å². The molecule has 0 saturated carbocycles. The fourth-order valence-corrected chi connectivity index (χ4v) is 3.53. The summed E-state index contributed by atoms with van der Waals surface area (Å²) in [4.78, 5) is 19.6. The summed E-state index contributed by atoms with van der Waals surface area (Å²) in [7, 11) is 0. The lowest BCUT2D eigenvalue weighted by atomic mass is 10.1. The number of aryl methyl sites for hydroxylation is 2. The highest BCUT2D eigenvalue weighted by molar-refractivity contribution is 5.95.